The summed E-state index contributed by atoms with van der Waals surface area (Å²) in [5.74, 6) is 0. The van der Waals surface area contributed by atoms with Crippen LogP contribution in [0, 0.1) is 0 Å². The lowest BCUT2D eigenvalue weighted by atomic mass is 10.1. The van der Waals surface area contributed by atoms with Gasteiger partial charge in [0.2, 0.25) is 0 Å². The Balaban J connectivity index is 3.04. The van der Waals surface area contributed by atoms with Crippen molar-refractivity contribution in [2.75, 3.05) is 0 Å². The van der Waals surface area contributed by atoms with E-state index in [1.807, 2.05) is 30.3 Å². The lowest BCUT2D eigenvalue weighted by Crippen LogP contribution is -1.72. The van der Waals surface area contributed by atoms with Gasteiger partial charge in [-0.3, -0.25) is 0 Å². The molecule has 0 spiro atoms. The van der Waals surface area contributed by atoms with Gasteiger partial charge >= 0.3 is 0 Å². The predicted molar refractivity (Wildman–Crippen MR) is 41.2 cm³/mol. The Morgan fingerprint density at radius 2 is 2.11 bits per heavy atom. The molecule has 9 heavy (non-hydrogen) atoms. The van der Waals surface area contributed by atoms with E-state index in [4.69, 9.17) is 2.74 Å². The van der Waals surface area contributed by atoms with Crippen LogP contribution >= 0.6 is 0 Å². The summed E-state index contributed by atoms with van der Waals surface area (Å²) < 4.78 is 14.1. The van der Waals surface area contributed by atoms with Crippen LogP contribution in [-0.2, 0) is 0 Å². The standard InChI is InChI=1S/C9H10/c1-8(2)9-6-4-3-5-7-9/h3-7H,1H2,2H3/i1D2. The van der Waals surface area contributed by atoms with E-state index in [9.17, 15) is 0 Å². The molecule has 0 heterocycles. The monoisotopic (exact) mass is 120 g/mol. The van der Waals surface area contributed by atoms with E-state index in [0.29, 0.717) is 5.57 Å². The minimum atomic E-state index is -0.115. The SMILES string of the molecule is [2H]C([2H])=C(C)c1ccccc1. The van der Waals surface area contributed by atoms with Gasteiger partial charge < -0.3 is 0 Å². The first-order valence-electron chi connectivity index (χ1n) is 3.91. The molecule has 0 aromatic heterocycles. The summed E-state index contributed by atoms with van der Waals surface area (Å²) in [6.45, 7) is 1.67. The van der Waals surface area contributed by atoms with Gasteiger partial charge in [-0.2, -0.15) is 0 Å². The van der Waals surface area contributed by atoms with Gasteiger partial charge in [-0.05, 0) is 12.5 Å². The lowest BCUT2D eigenvalue weighted by molar-refractivity contribution is 1.58. The van der Waals surface area contributed by atoms with E-state index in [1.54, 1.807) is 6.92 Å². The Morgan fingerprint density at radius 3 is 2.67 bits per heavy atom. The average molecular weight is 120 g/mol. The maximum absolute atomic E-state index is 7.07. The van der Waals surface area contributed by atoms with Crippen molar-refractivity contribution in [2.45, 2.75) is 6.92 Å². The second-order valence-corrected chi connectivity index (χ2v) is 1.99. The average Bonchev–Trinajstić information content (AvgIpc) is 2.05. The third kappa shape index (κ3) is 1.43. The van der Waals surface area contributed by atoms with Crippen LogP contribution in [0.1, 0.15) is 15.2 Å². The fraction of sp³-hybridized carbons (Fsp3) is 0.111. The first-order chi connectivity index (χ1) is 5.22. The van der Waals surface area contributed by atoms with E-state index < -0.39 is 0 Å². The van der Waals surface area contributed by atoms with E-state index in [2.05, 4.69) is 0 Å². The van der Waals surface area contributed by atoms with Crippen LogP contribution in [0.2, 0.25) is 0 Å². The van der Waals surface area contributed by atoms with Gasteiger partial charge in [0, 0.05) is 0 Å². The summed E-state index contributed by atoms with van der Waals surface area (Å²) in [6, 6.07) is 9.53. The molecule has 0 aliphatic rings. The van der Waals surface area contributed by atoms with Crippen molar-refractivity contribution in [1.82, 2.24) is 0 Å². The molecule has 0 saturated carbocycles. The number of hydrogen-bond donors (Lipinski definition) is 0. The highest BCUT2D eigenvalue weighted by Gasteiger charge is 1.86. The van der Waals surface area contributed by atoms with Gasteiger partial charge in [0.15, 0.2) is 0 Å². The molecule has 0 heteroatoms. The number of hydrogen-bond acceptors (Lipinski definition) is 0. The van der Waals surface area contributed by atoms with Crippen LogP contribution in [0.25, 0.3) is 5.57 Å². The minimum Gasteiger partial charge on any atom is -0.0955 e. The molecule has 0 amide bonds. The van der Waals surface area contributed by atoms with Crippen molar-refractivity contribution < 1.29 is 2.74 Å². The second kappa shape index (κ2) is 2.49. The zero-order valence-electron chi connectivity index (χ0n) is 7.39. The summed E-state index contributed by atoms with van der Waals surface area (Å²) in [5, 5.41) is 0. The van der Waals surface area contributed by atoms with Crippen LogP contribution in [-0.4, -0.2) is 0 Å². The third-order valence-corrected chi connectivity index (χ3v) is 1.21. The van der Waals surface area contributed by atoms with Crippen molar-refractivity contribution in [1.29, 1.82) is 0 Å². The smallest absolute Gasteiger partial charge is 0.0541 e. The molecular formula is C9H10. The molecule has 0 N–H and O–H groups in total. The molecule has 1 rings (SSSR count). The molecule has 0 atom stereocenters. The molecular weight excluding hydrogens is 108 g/mol. The summed E-state index contributed by atoms with van der Waals surface area (Å²) in [6.07, 6.45) is 0. The molecule has 0 fully saturated rings. The van der Waals surface area contributed by atoms with Gasteiger partial charge in [0.1, 0.15) is 0 Å². The number of benzene rings is 1. The van der Waals surface area contributed by atoms with Gasteiger partial charge in [0.25, 0.3) is 0 Å². The van der Waals surface area contributed by atoms with Crippen LogP contribution < -0.4 is 0 Å². The van der Waals surface area contributed by atoms with Crippen molar-refractivity contribution in [3.63, 3.8) is 0 Å². The fourth-order valence-electron chi connectivity index (χ4n) is 0.688. The van der Waals surface area contributed by atoms with Gasteiger partial charge in [-0.1, -0.05) is 42.4 Å². The van der Waals surface area contributed by atoms with E-state index in [-0.39, 0.29) is 6.53 Å². The third-order valence-electron chi connectivity index (χ3n) is 1.21. The van der Waals surface area contributed by atoms with Crippen LogP contribution in [0.5, 0.6) is 0 Å². The van der Waals surface area contributed by atoms with Crippen LogP contribution in [0.4, 0.5) is 0 Å². The highest BCUT2D eigenvalue weighted by Crippen LogP contribution is 2.08. The molecule has 0 bridgehead atoms. The molecule has 1 aromatic carbocycles. The van der Waals surface area contributed by atoms with Gasteiger partial charge in [-0.25, -0.2) is 0 Å². The van der Waals surface area contributed by atoms with E-state index in [0.717, 1.165) is 5.56 Å². The summed E-state index contributed by atoms with van der Waals surface area (Å²) in [4.78, 5) is 0. The lowest BCUT2D eigenvalue weighted by Gasteiger charge is -1.94. The second-order valence-electron chi connectivity index (χ2n) is 1.99. The number of rotatable bonds is 1. The van der Waals surface area contributed by atoms with Gasteiger partial charge in [-0.15, -0.1) is 0 Å². The van der Waals surface area contributed by atoms with Crippen molar-refractivity contribution in [3.05, 3.63) is 42.4 Å². The fourth-order valence-corrected chi connectivity index (χ4v) is 0.688. The summed E-state index contributed by atoms with van der Waals surface area (Å²) >= 11 is 0. The molecule has 1 aromatic rings. The first-order valence-corrected chi connectivity index (χ1v) is 2.91. The molecule has 0 unspecified atom stereocenters. The quantitative estimate of drug-likeness (QED) is 0.534. The molecule has 0 aliphatic carbocycles. The predicted octanol–water partition coefficient (Wildman–Crippen LogP) is 2.72. The highest BCUT2D eigenvalue weighted by molar-refractivity contribution is 5.60. The number of allylic oxidation sites excluding steroid dienone is 1. The zero-order chi connectivity index (χ0) is 8.27. The maximum atomic E-state index is 7.07. The van der Waals surface area contributed by atoms with Crippen molar-refractivity contribution in [3.8, 4) is 0 Å². The maximum Gasteiger partial charge on any atom is 0.0541 e. The Kier molecular flexibility index (Phi) is 1.08. The normalized spacial score (nSPS) is 11.7. The zero-order valence-corrected chi connectivity index (χ0v) is 5.39. The Morgan fingerprint density at radius 1 is 1.44 bits per heavy atom. The van der Waals surface area contributed by atoms with Crippen LogP contribution in [0.15, 0.2) is 36.9 Å². The van der Waals surface area contributed by atoms with Crippen molar-refractivity contribution >= 4 is 5.57 Å². The largest absolute Gasteiger partial charge is 0.0955 e. The molecule has 0 radical (unpaired) electrons. The minimum absolute atomic E-state index is 0.115. The highest BCUT2D eigenvalue weighted by atomic mass is 13.9. The van der Waals surface area contributed by atoms with Crippen molar-refractivity contribution in [2.24, 2.45) is 0 Å². The topological polar surface area (TPSA) is 0 Å². The molecule has 0 saturated heterocycles. The van der Waals surface area contributed by atoms with Gasteiger partial charge in [0.05, 0.1) is 2.74 Å². The Hall–Kier alpha value is -1.04. The molecule has 0 aliphatic heterocycles. The van der Waals surface area contributed by atoms with Crippen LogP contribution in [0.3, 0.4) is 0 Å². The Bertz CT molecular complexity index is 258. The summed E-state index contributed by atoms with van der Waals surface area (Å²) in [7, 11) is 0. The molecule has 46 valence electrons. The van der Waals surface area contributed by atoms with E-state index in [1.165, 1.54) is 0 Å². The Labute approximate surface area is 58.6 Å². The summed E-state index contributed by atoms with van der Waals surface area (Å²) in [5.41, 5.74) is 1.66. The molecule has 0 nitrogen and oxygen atoms in total. The first kappa shape index (κ1) is 3.89. The van der Waals surface area contributed by atoms with E-state index >= 15 is 0 Å².